The van der Waals surface area contributed by atoms with Crippen molar-refractivity contribution in [2.45, 2.75) is 20.1 Å². The van der Waals surface area contributed by atoms with E-state index in [9.17, 15) is 9.59 Å². The monoisotopic (exact) mass is 378 g/mol. The first-order chi connectivity index (χ1) is 12.7. The molecule has 1 heterocycles. The van der Waals surface area contributed by atoms with Gasteiger partial charge in [-0.2, -0.15) is 11.8 Å². The summed E-state index contributed by atoms with van der Waals surface area (Å²) < 4.78 is 11.5. The minimum atomic E-state index is -0.648. The molecule has 0 aliphatic heterocycles. The zero-order valence-corrected chi connectivity index (χ0v) is 15.7. The Morgan fingerprint density at radius 3 is 2.69 bits per heavy atom. The zero-order valence-electron chi connectivity index (χ0n) is 14.8. The van der Waals surface area contributed by atoms with Crippen molar-refractivity contribution in [3.05, 3.63) is 63.8 Å². The van der Waals surface area contributed by atoms with E-state index in [0.717, 1.165) is 22.1 Å². The Bertz CT molecular complexity index is 764. The van der Waals surface area contributed by atoms with Gasteiger partial charge in [0.1, 0.15) is 13.2 Å². The fourth-order valence-corrected chi connectivity index (χ4v) is 2.36. The molecule has 0 unspecified atom stereocenters. The molecule has 7 nitrogen and oxygen atoms in total. The van der Waals surface area contributed by atoms with Gasteiger partial charge < -0.3 is 14.3 Å². The average molecular weight is 378 g/mol. The van der Waals surface area contributed by atoms with Crippen LogP contribution < -0.4 is 10.4 Å². The second-order valence-electron chi connectivity index (χ2n) is 5.22. The summed E-state index contributed by atoms with van der Waals surface area (Å²) in [6.45, 7) is 2.64. The number of thioether (sulfide) groups is 1. The first-order valence-corrected chi connectivity index (χ1v) is 9.59. The van der Waals surface area contributed by atoms with Gasteiger partial charge in [0.05, 0.1) is 13.2 Å². The van der Waals surface area contributed by atoms with Crippen LogP contribution in [0.3, 0.4) is 0 Å². The topological polar surface area (TPSA) is 79.7 Å². The van der Waals surface area contributed by atoms with Crippen molar-refractivity contribution >= 4 is 17.7 Å². The Morgan fingerprint density at radius 2 is 2.00 bits per heavy atom. The molecule has 0 atom stereocenters. The molecule has 140 valence electrons. The molecule has 0 saturated carbocycles. The molecule has 0 radical (unpaired) electrons. The van der Waals surface area contributed by atoms with E-state index in [1.807, 2.05) is 36.6 Å². The second kappa shape index (κ2) is 10.6. The number of rotatable bonds is 10. The SMILES string of the molecule is CCOC(=O)c1cc(=O)n(OCc2ccccc2)c(COCCSC)n1. The first-order valence-electron chi connectivity index (χ1n) is 8.19. The normalized spacial score (nSPS) is 10.5. The Morgan fingerprint density at radius 1 is 1.23 bits per heavy atom. The van der Waals surface area contributed by atoms with Gasteiger partial charge in [-0.15, -0.1) is 4.73 Å². The van der Waals surface area contributed by atoms with E-state index in [0.29, 0.717) is 6.61 Å². The maximum absolute atomic E-state index is 12.4. The fourth-order valence-electron chi connectivity index (χ4n) is 2.08. The minimum absolute atomic E-state index is 0.0534. The lowest BCUT2D eigenvalue weighted by atomic mass is 10.2. The van der Waals surface area contributed by atoms with E-state index in [-0.39, 0.29) is 31.3 Å². The molecule has 0 spiro atoms. The summed E-state index contributed by atoms with van der Waals surface area (Å²) in [5.41, 5.74) is 0.352. The number of carbonyl (C=O) groups excluding carboxylic acids is 1. The third-order valence-corrected chi connectivity index (χ3v) is 3.87. The van der Waals surface area contributed by atoms with Gasteiger partial charge >= 0.3 is 5.97 Å². The standard InChI is InChI=1S/C18H22N2O5S/c1-3-24-18(22)15-11-17(21)20(16(19-15)13-23-9-10-26-2)25-12-14-7-5-4-6-8-14/h4-8,11H,3,9-10,12-13H2,1-2H3. The number of ether oxygens (including phenoxy) is 2. The number of carbonyl (C=O) groups is 1. The summed E-state index contributed by atoms with van der Waals surface area (Å²) in [6, 6.07) is 10.6. The highest BCUT2D eigenvalue weighted by molar-refractivity contribution is 7.98. The lowest BCUT2D eigenvalue weighted by Gasteiger charge is -2.14. The lowest BCUT2D eigenvalue weighted by Crippen LogP contribution is -2.32. The van der Waals surface area contributed by atoms with Gasteiger partial charge in [0.15, 0.2) is 11.5 Å². The van der Waals surface area contributed by atoms with Gasteiger partial charge in [0.25, 0.3) is 5.56 Å². The molecule has 8 heteroatoms. The predicted molar refractivity (Wildman–Crippen MR) is 99.2 cm³/mol. The van der Waals surface area contributed by atoms with Crippen LogP contribution in [0.4, 0.5) is 0 Å². The van der Waals surface area contributed by atoms with Crippen molar-refractivity contribution in [1.82, 2.24) is 9.71 Å². The summed E-state index contributed by atoms with van der Waals surface area (Å²) >= 11 is 1.65. The van der Waals surface area contributed by atoms with Gasteiger partial charge in [-0.25, -0.2) is 9.78 Å². The maximum atomic E-state index is 12.4. The summed E-state index contributed by atoms with van der Waals surface area (Å²) in [5, 5.41) is 0. The van der Waals surface area contributed by atoms with E-state index in [1.54, 1.807) is 18.7 Å². The highest BCUT2D eigenvalue weighted by atomic mass is 32.2. The van der Waals surface area contributed by atoms with Gasteiger partial charge in [-0.3, -0.25) is 4.79 Å². The third kappa shape index (κ3) is 5.89. The molecule has 0 N–H and O–H groups in total. The largest absolute Gasteiger partial charge is 0.461 e. The molecule has 0 aliphatic carbocycles. The van der Waals surface area contributed by atoms with E-state index < -0.39 is 11.5 Å². The average Bonchev–Trinajstić information content (AvgIpc) is 2.65. The highest BCUT2D eigenvalue weighted by Crippen LogP contribution is 2.04. The van der Waals surface area contributed by atoms with Crippen molar-refractivity contribution in [3.63, 3.8) is 0 Å². The van der Waals surface area contributed by atoms with Crippen LogP contribution in [0.25, 0.3) is 0 Å². The number of hydrogen-bond acceptors (Lipinski definition) is 7. The number of esters is 1. The van der Waals surface area contributed by atoms with E-state index >= 15 is 0 Å². The van der Waals surface area contributed by atoms with Crippen LogP contribution in [-0.4, -0.2) is 40.9 Å². The first kappa shape index (κ1) is 20.0. The Balaban J connectivity index is 2.22. The third-order valence-electron chi connectivity index (χ3n) is 3.29. The van der Waals surface area contributed by atoms with E-state index in [2.05, 4.69) is 4.98 Å². The number of hydrogen-bond donors (Lipinski definition) is 0. The minimum Gasteiger partial charge on any atom is -0.461 e. The molecule has 1 aromatic carbocycles. The Kier molecular flexibility index (Phi) is 8.17. The van der Waals surface area contributed by atoms with Crippen LogP contribution in [0.5, 0.6) is 0 Å². The molecule has 26 heavy (non-hydrogen) atoms. The molecule has 2 aromatic rings. The molecule has 0 aliphatic rings. The Hall–Kier alpha value is -2.32. The second-order valence-corrected chi connectivity index (χ2v) is 6.20. The van der Waals surface area contributed by atoms with Gasteiger partial charge in [-0.05, 0) is 18.7 Å². The summed E-state index contributed by atoms with van der Waals surface area (Å²) in [5.74, 6) is 0.384. The molecule has 0 bridgehead atoms. The van der Waals surface area contributed by atoms with Crippen molar-refractivity contribution in [1.29, 1.82) is 0 Å². The Labute approximate surface area is 156 Å². The van der Waals surface area contributed by atoms with Crippen molar-refractivity contribution < 1.29 is 19.1 Å². The lowest BCUT2D eigenvalue weighted by molar-refractivity contribution is 0.0467. The van der Waals surface area contributed by atoms with Crippen LogP contribution in [-0.2, 0) is 22.7 Å². The quantitative estimate of drug-likeness (QED) is 0.462. The highest BCUT2D eigenvalue weighted by Gasteiger charge is 2.16. The summed E-state index contributed by atoms with van der Waals surface area (Å²) in [6.07, 6.45) is 1.97. The molecule has 0 fully saturated rings. The number of nitrogens with zero attached hydrogens (tertiary/aromatic N) is 2. The summed E-state index contributed by atoms with van der Waals surface area (Å²) in [7, 11) is 0. The van der Waals surface area contributed by atoms with Crippen LogP contribution >= 0.6 is 11.8 Å². The fraction of sp³-hybridized carbons (Fsp3) is 0.389. The van der Waals surface area contributed by atoms with Gasteiger partial charge in [0.2, 0.25) is 0 Å². The zero-order chi connectivity index (χ0) is 18.8. The van der Waals surface area contributed by atoms with Crippen LogP contribution in [0.1, 0.15) is 28.8 Å². The number of benzene rings is 1. The molecular formula is C18H22N2O5S. The van der Waals surface area contributed by atoms with Crippen molar-refractivity contribution in [2.24, 2.45) is 0 Å². The van der Waals surface area contributed by atoms with Crippen molar-refractivity contribution in [3.8, 4) is 0 Å². The van der Waals surface area contributed by atoms with Gasteiger partial charge in [0, 0.05) is 11.8 Å². The van der Waals surface area contributed by atoms with Crippen LogP contribution in [0, 0.1) is 0 Å². The van der Waals surface area contributed by atoms with Crippen LogP contribution in [0.15, 0.2) is 41.2 Å². The summed E-state index contributed by atoms with van der Waals surface area (Å²) in [4.78, 5) is 34.1. The predicted octanol–water partition coefficient (Wildman–Crippen LogP) is 1.93. The van der Waals surface area contributed by atoms with Gasteiger partial charge in [-0.1, -0.05) is 30.3 Å². The molecule has 0 amide bonds. The number of aromatic nitrogens is 2. The molecule has 2 rings (SSSR count). The molecular weight excluding hydrogens is 356 g/mol. The van der Waals surface area contributed by atoms with E-state index in [4.69, 9.17) is 14.3 Å². The molecule has 1 aromatic heterocycles. The maximum Gasteiger partial charge on any atom is 0.357 e. The van der Waals surface area contributed by atoms with Crippen LogP contribution in [0.2, 0.25) is 0 Å². The van der Waals surface area contributed by atoms with E-state index in [1.165, 1.54) is 0 Å². The molecule has 0 saturated heterocycles. The smallest absolute Gasteiger partial charge is 0.357 e. The van der Waals surface area contributed by atoms with Crippen molar-refractivity contribution in [2.75, 3.05) is 25.2 Å².